The van der Waals surface area contributed by atoms with Gasteiger partial charge in [-0.15, -0.1) is 0 Å². The number of nitrogen functional groups attached to an aromatic ring is 1. The summed E-state index contributed by atoms with van der Waals surface area (Å²) in [5.74, 6) is 0.254. The SMILES string of the molecule is Cc1ccc(Cl)cc1-c1ccc(-c2ccnc(N)n2)n1-c1ccccc1. The quantitative estimate of drug-likeness (QED) is 0.550. The zero-order valence-electron chi connectivity index (χ0n) is 14.2. The van der Waals surface area contributed by atoms with E-state index >= 15 is 0 Å². The Bertz CT molecular complexity index is 1070. The van der Waals surface area contributed by atoms with Crippen LogP contribution < -0.4 is 5.73 Å². The molecule has 0 fully saturated rings. The maximum atomic E-state index is 6.26. The third-order valence-electron chi connectivity index (χ3n) is 4.31. The standard InChI is InChI=1S/C21H17ClN4/c1-14-7-8-15(22)13-17(14)19-9-10-20(18-11-12-24-21(23)25-18)26(19)16-5-3-2-4-6-16/h2-13H,1H3,(H2,23,24,25). The molecule has 4 nitrogen and oxygen atoms in total. The van der Waals surface area contributed by atoms with Crippen molar-refractivity contribution in [3.8, 4) is 28.3 Å². The molecule has 0 aliphatic carbocycles. The van der Waals surface area contributed by atoms with Gasteiger partial charge in [-0.1, -0.05) is 35.9 Å². The fraction of sp³-hybridized carbons (Fsp3) is 0.0476. The lowest BCUT2D eigenvalue weighted by molar-refractivity contribution is 1.07. The van der Waals surface area contributed by atoms with E-state index in [9.17, 15) is 0 Å². The van der Waals surface area contributed by atoms with Crippen LogP contribution in [0.1, 0.15) is 5.56 Å². The lowest BCUT2D eigenvalue weighted by Crippen LogP contribution is -2.02. The lowest BCUT2D eigenvalue weighted by Gasteiger charge is -2.15. The molecule has 0 saturated heterocycles. The molecule has 0 bridgehead atoms. The van der Waals surface area contributed by atoms with Crippen LogP contribution >= 0.6 is 11.6 Å². The molecular formula is C21H17ClN4. The van der Waals surface area contributed by atoms with Crippen molar-refractivity contribution in [3.05, 3.63) is 83.5 Å². The van der Waals surface area contributed by atoms with Gasteiger partial charge in [-0.2, -0.15) is 0 Å². The molecule has 0 saturated carbocycles. The highest BCUT2D eigenvalue weighted by atomic mass is 35.5. The molecule has 0 aliphatic heterocycles. The second kappa shape index (κ2) is 6.65. The Hall–Kier alpha value is -3.11. The van der Waals surface area contributed by atoms with E-state index < -0.39 is 0 Å². The number of halogens is 1. The molecule has 2 heterocycles. The van der Waals surface area contributed by atoms with Gasteiger partial charge in [0.15, 0.2) is 0 Å². The molecule has 0 spiro atoms. The molecule has 2 aromatic carbocycles. The van der Waals surface area contributed by atoms with E-state index in [0.29, 0.717) is 5.02 Å². The van der Waals surface area contributed by atoms with Crippen molar-refractivity contribution in [2.24, 2.45) is 0 Å². The number of aromatic nitrogens is 3. The van der Waals surface area contributed by atoms with Crippen LogP contribution in [0.5, 0.6) is 0 Å². The van der Waals surface area contributed by atoms with Gasteiger partial charge in [0, 0.05) is 22.5 Å². The van der Waals surface area contributed by atoms with Crippen LogP contribution in [0.15, 0.2) is 72.9 Å². The maximum Gasteiger partial charge on any atom is 0.220 e. The van der Waals surface area contributed by atoms with Crippen molar-refractivity contribution in [2.45, 2.75) is 6.92 Å². The third kappa shape index (κ3) is 2.95. The minimum absolute atomic E-state index is 0.254. The lowest BCUT2D eigenvalue weighted by atomic mass is 10.1. The number of nitrogens with two attached hydrogens (primary N) is 1. The molecule has 5 heteroatoms. The second-order valence-corrected chi connectivity index (χ2v) is 6.47. The van der Waals surface area contributed by atoms with Gasteiger partial charge in [0.05, 0.1) is 17.1 Å². The average molecular weight is 361 g/mol. The topological polar surface area (TPSA) is 56.7 Å². The first-order chi connectivity index (χ1) is 12.6. The van der Waals surface area contributed by atoms with Crippen molar-refractivity contribution < 1.29 is 0 Å². The summed E-state index contributed by atoms with van der Waals surface area (Å²) in [7, 11) is 0. The van der Waals surface area contributed by atoms with Crippen LogP contribution in [0.25, 0.3) is 28.3 Å². The number of benzene rings is 2. The van der Waals surface area contributed by atoms with E-state index in [4.69, 9.17) is 17.3 Å². The summed E-state index contributed by atoms with van der Waals surface area (Å²) >= 11 is 6.26. The summed E-state index contributed by atoms with van der Waals surface area (Å²) in [6, 6.07) is 22.1. The summed E-state index contributed by atoms with van der Waals surface area (Å²) in [4.78, 5) is 8.39. The maximum absolute atomic E-state index is 6.26. The number of hydrogen-bond acceptors (Lipinski definition) is 3. The first-order valence-corrected chi connectivity index (χ1v) is 8.64. The molecule has 4 aromatic rings. The molecule has 2 N–H and O–H groups in total. The Kier molecular flexibility index (Phi) is 4.19. The summed E-state index contributed by atoms with van der Waals surface area (Å²) in [6.45, 7) is 2.08. The predicted molar refractivity (Wildman–Crippen MR) is 106 cm³/mol. The minimum atomic E-state index is 0.254. The minimum Gasteiger partial charge on any atom is -0.368 e. The number of para-hydroxylation sites is 1. The molecule has 0 aliphatic rings. The van der Waals surface area contributed by atoms with Crippen LogP contribution in [-0.2, 0) is 0 Å². The summed E-state index contributed by atoms with van der Waals surface area (Å²) in [6.07, 6.45) is 1.67. The molecule has 128 valence electrons. The smallest absolute Gasteiger partial charge is 0.220 e. The zero-order valence-corrected chi connectivity index (χ0v) is 15.0. The number of rotatable bonds is 3. The molecule has 0 unspecified atom stereocenters. The second-order valence-electron chi connectivity index (χ2n) is 6.03. The third-order valence-corrected chi connectivity index (χ3v) is 4.54. The number of anilines is 1. The van der Waals surface area contributed by atoms with Crippen molar-refractivity contribution in [3.63, 3.8) is 0 Å². The van der Waals surface area contributed by atoms with Crippen LogP contribution in [0.2, 0.25) is 5.02 Å². The van der Waals surface area contributed by atoms with Crippen LogP contribution in [0, 0.1) is 6.92 Å². The average Bonchev–Trinajstić information content (AvgIpc) is 3.09. The van der Waals surface area contributed by atoms with Crippen molar-refractivity contribution in [2.75, 3.05) is 5.73 Å². The number of nitrogens with zero attached hydrogens (tertiary/aromatic N) is 3. The van der Waals surface area contributed by atoms with Crippen molar-refractivity contribution in [1.82, 2.24) is 14.5 Å². The van der Waals surface area contributed by atoms with Crippen LogP contribution in [-0.4, -0.2) is 14.5 Å². The molecule has 0 atom stereocenters. The van der Waals surface area contributed by atoms with Gasteiger partial charge in [-0.05, 0) is 55.0 Å². The Morgan fingerprint density at radius 3 is 2.46 bits per heavy atom. The predicted octanol–water partition coefficient (Wildman–Crippen LogP) is 5.15. The molecule has 0 radical (unpaired) electrons. The van der Waals surface area contributed by atoms with Crippen molar-refractivity contribution >= 4 is 17.5 Å². The van der Waals surface area contributed by atoms with Gasteiger partial charge in [0.25, 0.3) is 0 Å². The van der Waals surface area contributed by atoms with Gasteiger partial charge in [-0.3, -0.25) is 0 Å². The van der Waals surface area contributed by atoms with Gasteiger partial charge in [0.1, 0.15) is 0 Å². The molecule has 2 aromatic heterocycles. The van der Waals surface area contributed by atoms with Crippen LogP contribution in [0.4, 0.5) is 5.95 Å². The van der Waals surface area contributed by atoms with Crippen molar-refractivity contribution in [1.29, 1.82) is 0 Å². The fourth-order valence-electron chi connectivity index (χ4n) is 3.09. The largest absolute Gasteiger partial charge is 0.368 e. The van der Waals surface area contributed by atoms with Gasteiger partial charge in [0.2, 0.25) is 5.95 Å². The zero-order chi connectivity index (χ0) is 18.1. The molecule has 4 rings (SSSR count). The Morgan fingerprint density at radius 2 is 1.69 bits per heavy atom. The van der Waals surface area contributed by atoms with E-state index in [1.165, 1.54) is 0 Å². The van der Waals surface area contributed by atoms with E-state index in [-0.39, 0.29) is 5.95 Å². The molecule has 0 amide bonds. The summed E-state index contributed by atoms with van der Waals surface area (Å²) < 4.78 is 2.17. The van der Waals surface area contributed by atoms with E-state index in [1.54, 1.807) is 6.20 Å². The first-order valence-electron chi connectivity index (χ1n) is 8.26. The fourth-order valence-corrected chi connectivity index (χ4v) is 3.26. The molecule has 26 heavy (non-hydrogen) atoms. The number of aryl methyl sites for hydroxylation is 1. The highest BCUT2D eigenvalue weighted by Gasteiger charge is 2.16. The highest BCUT2D eigenvalue weighted by molar-refractivity contribution is 6.30. The first kappa shape index (κ1) is 16.4. The van der Waals surface area contributed by atoms with Gasteiger partial charge >= 0.3 is 0 Å². The highest BCUT2D eigenvalue weighted by Crippen LogP contribution is 2.34. The summed E-state index contributed by atoms with van der Waals surface area (Å²) in [5.41, 5.74) is 11.8. The summed E-state index contributed by atoms with van der Waals surface area (Å²) in [5, 5.41) is 0.708. The monoisotopic (exact) mass is 360 g/mol. The normalized spacial score (nSPS) is 10.8. The Balaban J connectivity index is 2.01. The van der Waals surface area contributed by atoms with E-state index in [0.717, 1.165) is 33.9 Å². The van der Waals surface area contributed by atoms with E-state index in [1.807, 2.05) is 48.5 Å². The van der Waals surface area contributed by atoms with Gasteiger partial charge < -0.3 is 10.3 Å². The Labute approximate surface area is 156 Å². The number of hydrogen-bond donors (Lipinski definition) is 1. The van der Waals surface area contributed by atoms with Crippen LogP contribution in [0.3, 0.4) is 0 Å². The molecular weight excluding hydrogens is 344 g/mol. The Morgan fingerprint density at radius 1 is 0.923 bits per heavy atom. The van der Waals surface area contributed by atoms with Gasteiger partial charge in [-0.25, -0.2) is 9.97 Å². The van der Waals surface area contributed by atoms with E-state index in [2.05, 4.69) is 39.7 Å².